The third-order valence-electron chi connectivity index (χ3n) is 3.25. The zero-order valence-corrected chi connectivity index (χ0v) is 12.2. The summed E-state index contributed by atoms with van der Waals surface area (Å²) >= 11 is 0. The Hall–Kier alpha value is -0.590. The molecule has 0 aliphatic carbocycles. The van der Waals surface area contributed by atoms with Gasteiger partial charge in [0.15, 0.2) is 0 Å². The Morgan fingerprint density at radius 2 is 1.41 bits per heavy atom. The van der Waals surface area contributed by atoms with Crippen LogP contribution in [-0.4, -0.2) is 5.16 Å². The van der Waals surface area contributed by atoms with E-state index >= 15 is 0 Å². The molecule has 1 unspecified atom stereocenters. The van der Waals surface area contributed by atoms with Crippen LogP contribution in [0.4, 0.5) is 0 Å². The van der Waals surface area contributed by atoms with E-state index in [2.05, 4.69) is 28.3 Å². The van der Waals surface area contributed by atoms with Gasteiger partial charge in [-0.3, -0.25) is 0 Å². The van der Waals surface area contributed by atoms with Gasteiger partial charge in [-0.2, -0.15) is 10.5 Å². The van der Waals surface area contributed by atoms with Crippen LogP contribution in [0.1, 0.15) is 71.1 Å². The molecule has 2 nitrogen and oxygen atoms in total. The van der Waals surface area contributed by atoms with E-state index in [9.17, 15) is 0 Å². The average molecular weight is 252 g/mol. The third kappa shape index (κ3) is 9.14. The van der Waals surface area contributed by atoms with Crippen molar-refractivity contribution in [2.45, 2.75) is 76.3 Å². The highest BCUT2D eigenvalue weighted by Gasteiger charge is 2.23. The van der Waals surface area contributed by atoms with Gasteiger partial charge in [0.25, 0.3) is 0 Å². The minimum atomic E-state index is 0.123. The lowest BCUT2D eigenvalue weighted by atomic mass is 9.90. The summed E-state index contributed by atoms with van der Waals surface area (Å²) in [5.41, 5.74) is 0. The molecule has 0 radical (unpaired) electrons. The van der Waals surface area contributed by atoms with Crippen LogP contribution in [0.5, 0.6) is 0 Å². The highest BCUT2D eigenvalue weighted by atomic mass is 31.0. The van der Waals surface area contributed by atoms with E-state index < -0.39 is 0 Å². The smallest absolute Gasteiger partial charge is 0.0622 e. The number of hydrogen-bond donors (Lipinski definition) is 0. The minimum absolute atomic E-state index is 0.123. The van der Waals surface area contributed by atoms with Gasteiger partial charge in [0.1, 0.15) is 0 Å². The Morgan fingerprint density at radius 3 is 1.88 bits per heavy atom. The summed E-state index contributed by atoms with van der Waals surface area (Å²) in [7, 11) is 2.91. The summed E-state index contributed by atoms with van der Waals surface area (Å²) in [6.45, 7) is 2.22. The summed E-state index contributed by atoms with van der Waals surface area (Å²) in [5, 5.41) is 17.5. The average Bonchev–Trinajstić information content (AvgIpc) is 2.34. The maximum absolute atomic E-state index is 8.67. The van der Waals surface area contributed by atoms with Crippen LogP contribution in [0.25, 0.3) is 0 Å². The van der Waals surface area contributed by atoms with Crippen LogP contribution < -0.4 is 0 Å². The molecular formula is C14H25N2P. The van der Waals surface area contributed by atoms with Crippen LogP contribution in [0.2, 0.25) is 0 Å². The maximum atomic E-state index is 8.67. The fourth-order valence-electron chi connectivity index (χ4n) is 2.07. The molecule has 0 rings (SSSR count). The van der Waals surface area contributed by atoms with Crippen molar-refractivity contribution in [3.8, 4) is 12.1 Å². The molecule has 0 aliphatic heterocycles. The second-order valence-corrected chi connectivity index (χ2v) is 6.07. The summed E-state index contributed by atoms with van der Waals surface area (Å²) in [5.74, 6) is 0. The first-order valence-electron chi connectivity index (χ1n) is 6.71. The maximum Gasteiger partial charge on any atom is 0.0622 e. The Morgan fingerprint density at radius 1 is 0.882 bits per heavy atom. The lowest BCUT2D eigenvalue weighted by Gasteiger charge is -2.27. The summed E-state index contributed by atoms with van der Waals surface area (Å²) in [6, 6.07) is 4.43. The quantitative estimate of drug-likeness (QED) is 0.422. The first kappa shape index (κ1) is 16.4. The van der Waals surface area contributed by atoms with Gasteiger partial charge in [0.2, 0.25) is 0 Å². The molecule has 0 spiro atoms. The van der Waals surface area contributed by atoms with Gasteiger partial charge in [-0.1, -0.05) is 39.0 Å². The van der Waals surface area contributed by atoms with Crippen LogP contribution in [-0.2, 0) is 0 Å². The lowest BCUT2D eigenvalue weighted by Crippen LogP contribution is -2.20. The molecule has 0 aromatic heterocycles. The summed E-state index contributed by atoms with van der Waals surface area (Å²) in [4.78, 5) is 0. The van der Waals surface area contributed by atoms with Crippen molar-refractivity contribution in [2.24, 2.45) is 0 Å². The molecule has 17 heavy (non-hydrogen) atoms. The number of hydrogen-bond acceptors (Lipinski definition) is 2. The topological polar surface area (TPSA) is 47.6 Å². The van der Waals surface area contributed by atoms with Crippen LogP contribution in [0, 0.1) is 22.7 Å². The Bertz CT molecular complexity index is 244. The zero-order chi connectivity index (χ0) is 13.0. The van der Waals surface area contributed by atoms with Gasteiger partial charge in [-0.15, -0.1) is 9.24 Å². The number of unbranched alkanes of at least 4 members (excludes halogenated alkanes) is 4. The number of rotatable bonds is 10. The third-order valence-corrected chi connectivity index (χ3v) is 4.11. The molecule has 1 atom stereocenters. The fraction of sp³-hybridized carbons (Fsp3) is 0.857. The first-order valence-corrected chi connectivity index (χ1v) is 7.29. The van der Waals surface area contributed by atoms with E-state index in [1.54, 1.807) is 0 Å². The van der Waals surface area contributed by atoms with E-state index in [1.165, 1.54) is 32.1 Å². The van der Waals surface area contributed by atoms with Gasteiger partial charge < -0.3 is 0 Å². The van der Waals surface area contributed by atoms with Gasteiger partial charge in [0.05, 0.1) is 12.1 Å². The second-order valence-electron chi connectivity index (χ2n) is 4.84. The molecule has 0 aliphatic rings. The SMILES string of the molecule is CCCCCCCC(P)(CCC#N)CCC#N. The molecule has 0 saturated heterocycles. The predicted molar refractivity (Wildman–Crippen MR) is 75.5 cm³/mol. The molecule has 0 amide bonds. The van der Waals surface area contributed by atoms with Gasteiger partial charge in [0, 0.05) is 12.8 Å². The van der Waals surface area contributed by atoms with Crippen molar-refractivity contribution in [3.05, 3.63) is 0 Å². The van der Waals surface area contributed by atoms with E-state index in [4.69, 9.17) is 10.5 Å². The molecule has 0 fully saturated rings. The van der Waals surface area contributed by atoms with Crippen LogP contribution >= 0.6 is 9.24 Å². The minimum Gasteiger partial charge on any atom is -0.198 e. The molecule has 3 heteroatoms. The number of nitriles is 2. The van der Waals surface area contributed by atoms with E-state index in [0.717, 1.165) is 19.3 Å². The molecule has 0 N–H and O–H groups in total. The molecule has 96 valence electrons. The molecule has 0 bridgehead atoms. The Labute approximate surface area is 109 Å². The van der Waals surface area contributed by atoms with Gasteiger partial charge in [-0.25, -0.2) is 0 Å². The highest BCUT2D eigenvalue weighted by Crippen LogP contribution is 2.35. The van der Waals surface area contributed by atoms with Crippen molar-refractivity contribution in [1.82, 2.24) is 0 Å². The van der Waals surface area contributed by atoms with E-state index in [0.29, 0.717) is 12.8 Å². The largest absolute Gasteiger partial charge is 0.198 e. The molecule has 0 aromatic carbocycles. The molecular weight excluding hydrogens is 227 g/mol. The fourth-order valence-corrected chi connectivity index (χ4v) is 2.56. The molecule has 0 saturated carbocycles. The van der Waals surface area contributed by atoms with Crippen LogP contribution in [0.15, 0.2) is 0 Å². The van der Waals surface area contributed by atoms with Crippen molar-refractivity contribution >= 4 is 9.24 Å². The van der Waals surface area contributed by atoms with Crippen molar-refractivity contribution in [2.75, 3.05) is 0 Å². The van der Waals surface area contributed by atoms with E-state index in [1.807, 2.05) is 0 Å². The van der Waals surface area contributed by atoms with Crippen molar-refractivity contribution in [3.63, 3.8) is 0 Å². The summed E-state index contributed by atoms with van der Waals surface area (Å²) in [6.07, 6.45) is 10.6. The monoisotopic (exact) mass is 252 g/mol. The number of nitrogens with zero attached hydrogens (tertiary/aromatic N) is 2. The van der Waals surface area contributed by atoms with Crippen LogP contribution in [0.3, 0.4) is 0 Å². The Kier molecular flexibility index (Phi) is 10.2. The van der Waals surface area contributed by atoms with Gasteiger partial charge in [-0.05, 0) is 24.4 Å². The normalized spacial score (nSPS) is 10.8. The van der Waals surface area contributed by atoms with Gasteiger partial charge >= 0.3 is 0 Å². The van der Waals surface area contributed by atoms with Crippen molar-refractivity contribution in [1.29, 1.82) is 10.5 Å². The predicted octanol–water partition coefficient (Wildman–Crippen LogP) is 4.57. The Balaban J connectivity index is 3.92. The first-order chi connectivity index (χ1) is 8.18. The highest BCUT2D eigenvalue weighted by molar-refractivity contribution is 7.19. The van der Waals surface area contributed by atoms with E-state index in [-0.39, 0.29) is 5.16 Å². The zero-order valence-electron chi connectivity index (χ0n) is 11.0. The van der Waals surface area contributed by atoms with Crippen molar-refractivity contribution < 1.29 is 0 Å². The lowest BCUT2D eigenvalue weighted by molar-refractivity contribution is 0.449. The summed E-state index contributed by atoms with van der Waals surface area (Å²) < 4.78 is 0. The molecule has 0 heterocycles. The second kappa shape index (κ2) is 10.6. The molecule has 0 aromatic rings. The standard InChI is InChI=1S/C14H25N2P/c1-2-3-4-5-6-9-14(17,10-7-12-15)11-8-13-16/h2-11,17H2,1H3.